The van der Waals surface area contributed by atoms with E-state index in [2.05, 4.69) is 31.9 Å². The van der Waals surface area contributed by atoms with Crippen molar-refractivity contribution in [2.24, 2.45) is 17.1 Å². The Kier molecular flexibility index (Phi) is 9.48. The highest BCUT2D eigenvalue weighted by molar-refractivity contribution is 5.92. The number of aromatic nitrogens is 1. The van der Waals surface area contributed by atoms with Crippen LogP contribution >= 0.6 is 0 Å². The first-order chi connectivity index (χ1) is 18.5. The maximum Gasteiger partial charge on any atom is 0.250 e. The summed E-state index contributed by atoms with van der Waals surface area (Å²) in [6.45, 7) is 15.9. The van der Waals surface area contributed by atoms with Crippen LogP contribution in [-0.4, -0.2) is 108 Å². The monoisotopic (exact) mass is 541 g/mol. The minimum Gasteiger partial charge on any atom is -0.366 e. The Morgan fingerprint density at radius 3 is 2.21 bits per heavy atom. The molecule has 0 aliphatic carbocycles. The minimum atomic E-state index is -0.506. The van der Waals surface area contributed by atoms with Crippen molar-refractivity contribution in [1.82, 2.24) is 25.0 Å². The van der Waals surface area contributed by atoms with E-state index in [4.69, 9.17) is 5.73 Å². The van der Waals surface area contributed by atoms with E-state index in [-0.39, 0.29) is 23.3 Å². The zero-order valence-corrected chi connectivity index (χ0v) is 24.2. The number of hydrogen-bond acceptors (Lipinski definition) is 7. The molecule has 4 rings (SSSR count). The summed E-state index contributed by atoms with van der Waals surface area (Å²) in [5.41, 5.74) is 5.41. The van der Waals surface area contributed by atoms with Crippen molar-refractivity contribution in [3.05, 3.63) is 23.9 Å². The second-order valence-corrected chi connectivity index (χ2v) is 12.7. The fourth-order valence-corrected chi connectivity index (χ4v) is 6.04. The Balaban J connectivity index is 1.18. The van der Waals surface area contributed by atoms with E-state index < -0.39 is 11.9 Å². The average Bonchev–Trinajstić information content (AvgIpc) is 3.34. The number of carbonyl (C=O) groups is 3. The fourth-order valence-electron chi connectivity index (χ4n) is 6.04. The first-order valence-corrected chi connectivity index (χ1v) is 14.6. The van der Waals surface area contributed by atoms with Gasteiger partial charge < -0.3 is 25.8 Å². The lowest BCUT2D eigenvalue weighted by molar-refractivity contribution is -0.140. The molecule has 3 aliphatic heterocycles. The Morgan fingerprint density at radius 1 is 1.00 bits per heavy atom. The number of nitrogens with two attached hydrogens (primary N) is 1. The van der Waals surface area contributed by atoms with Gasteiger partial charge in [-0.25, -0.2) is 4.98 Å². The second-order valence-electron chi connectivity index (χ2n) is 12.7. The third-order valence-corrected chi connectivity index (χ3v) is 8.57. The molecule has 1 aromatic heterocycles. The molecule has 216 valence electrons. The highest BCUT2D eigenvalue weighted by Gasteiger charge is 2.38. The van der Waals surface area contributed by atoms with Crippen molar-refractivity contribution in [3.8, 4) is 0 Å². The number of anilines is 1. The minimum absolute atomic E-state index is 0.0511. The van der Waals surface area contributed by atoms with Gasteiger partial charge in [0.05, 0.1) is 12.1 Å². The summed E-state index contributed by atoms with van der Waals surface area (Å²) < 4.78 is 0. The molecule has 3 N–H and O–H groups in total. The predicted octanol–water partition coefficient (Wildman–Crippen LogP) is 1.56. The van der Waals surface area contributed by atoms with Crippen LogP contribution in [0.3, 0.4) is 0 Å². The summed E-state index contributed by atoms with van der Waals surface area (Å²) in [4.78, 5) is 50.9. The van der Waals surface area contributed by atoms with E-state index in [0.29, 0.717) is 18.0 Å². The molecule has 2 atom stereocenters. The van der Waals surface area contributed by atoms with Gasteiger partial charge in [-0.3, -0.25) is 19.3 Å². The molecule has 3 saturated heterocycles. The topological polar surface area (TPSA) is 115 Å². The maximum atomic E-state index is 13.3. The first kappa shape index (κ1) is 29.3. The molecular formula is C29H47N7O3. The Labute approximate surface area is 233 Å². The standard InChI is InChI=1S/C29H47N7O3/c1-21-6-5-11-36(21)28(39)26(29(2,3)4)32-25(37)20-34-16-14-33(15-17-34)19-22-9-12-35(13-10-22)24-8-7-23(18-31-24)27(30)38/h7-8,18,21-22,26H,5-6,9-17,19-20H2,1-4H3,(H2,30,38)(H,32,37)/t21-,26?/m1/s1. The number of hydrogen-bond donors (Lipinski definition) is 2. The van der Waals surface area contributed by atoms with Crippen LogP contribution in [0.5, 0.6) is 0 Å². The lowest BCUT2D eigenvalue weighted by Gasteiger charge is -2.39. The highest BCUT2D eigenvalue weighted by Crippen LogP contribution is 2.26. The number of nitrogens with zero attached hydrogens (tertiary/aromatic N) is 5. The van der Waals surface area contributed by atoms with Crippen molar-refractivity contribution >= 4 is 23.5 Å². The van der Waals surface area contributed by atoms with Crippen LogP contribution < -0.4 is 16.0 Å². The van der Waals surface area contributed by atoms with Crippen LogP contribution in [0.1, 0.15) is 63.7 Å². The third-order valence-electron chi connectivity index (χ3n) is 8.57. The van der Waals surface area contributed by atoms with Gasteiger partial charge in [0.15, 0.2) is 0 Å². The summed E-state index contributed by atoms with van der Waals surface area (Å²) in [6, 6.07) is 3.36. The molecule has 39 heavy (non-hydrogen) atoms. The number of piperazine rings is 1. The Hall–Kier alpha value is -2.72. The number of nitrogens with one attached hydrogen (secondary N) is 1. The van der Waals surface area contributed by atoms with Gasteiger partial charge in [0, 0.05) is 64.6 Å². The average molecular weight is 542 g/mol. The van der Waals surface area contributed by atoms with Gasteiger partial charge >= 0.3 is 0 Å². The van der Waals surface area contributed by atoms with E-state index in [0.717, 1.165) is 83.9 Å². The summed E-state index contributed by atoms with van der Waals surface area (Å²) in [7, 11) is 0. The molecule has 0 radical (unpaired) electrons. The molecule has 1 aromatic rings. The van der Waals surface area contributed by atoms with Gasteiger partial charge in [0.2, 0.25) is 17.7 Å². The van der Waals surface area contributed by atoms with E-state index >= 15 is 0 Å². The number of primary amides is 1. The third kappa shape index (κ3) is 7.69. The number of rotatable bonds is 8. The summed E-state index contributed by atoms with van der Waals surface area (Å²) >= 11 is 0. The highest BCUT2D eigenvalue weighted by atomic mass is 16.2. The number of likely N-dealkylation sites (tertiary alicyclic amines) is 1. The van der Waals surface area contributed by atoms with Crippen molar-refractivity contribution in [2.75, 3.05) is 63.8 Å². The zero-order chi connectivity index (χ0) is 28.2. The lowest BCUT2D eigenvalue weighted by Crippen LogP contribution is -2.57. The molecule has 10 nitrogen and oxygen atoms in total. The first-order valence-electron chi connectivity index (χ1n) is 14.6. The van der Waals surface area contributed by atoms with E-state index in [1.165, 1.54) is 0 Å². The lowest BCUT2D eigenvalue weighted by atomic mass is 9.85. The smallest absolute Gasteiger partial charge is 0.250 e. The second kappa shape index (κ2) is 12.6. The Morgan fingerprint density at radius 2 is 1.67 bits per heavy atom. The molecule has 10 heteroatoms. The van der Waals surface area contributed by atoms with Gasteiger partial charge in [-0.1, -0.05) is 20.8 Å². The molecule has 3 fully saturated rings. The maximum absolute atomic E-state index is 13.3. The fraction of sp³-hybridized carbons (Fsp3) is 0.724. The molecule has 3 aliphatic rings. The molecular weight excluding hydrogens is 494 g/mol. The number of carbonyl (C=O) groups excluding carboxylic acids is 3. The summed E-state index contributed by atoms with van der Waals surface area (Å²) in [5.74, 6) is 1.08. The molecule has 0 saturated carbocycles. The van der Waals surface area contributed by atoms with Crippen molar-refractivity contribution in [1.29, 1.82) is 0 Å². The van der Waals surface area contributed by atoms with Crippen molar-refractivity contribution < 1.29 is 14.4 Å². The van der Waals surface area contributed by atoms with Crippen LogP contribution in [0, 0.1) is 11.3 Å². The molecule has 0 aromatic carbocycles. The van der Waals surface area contributed by atoms with E-state index in [1.807, 2.05) is 31.7 Å². The van der Waals surface area contributed by atoms with Crippen LogP contribution in [0.4, 0.5) is 5.82 Å². The van der Waals surface area contributed by atoms with Crippen LogP contribution in [0.25, 0.3) is 0 Å². The van der Waals surface area contributed by atoms with Gasteiger partial charge in [0.25, 0.3) is 0 Å². The summed E-state index contributed by atoms with van der Waals surface area (Å²) in [5, 5.41) is 3.09. The molecule has 3 amide bonds. The van der Waals surface area contributed by atoms with Crippen molar-refractivity contribution in [2.45, 2.75) is 65.5 Å². The van der Waals surface area contributed by atoms with Gasteiger partial charge in [-0.15, -0.1) is 0 Å². The normalized spacial score (nSPS) is 22.6. The largest absolute Gasteiger partial charge is 0.366 e. The number of amides is 3. The predicted molar refractivity (Wildman–Crippen MR) is 152 cm³/mol. The van der Waals surface area contributed by atoms with E-state index in [1.54, 1.807) is 12.3 Å². The van der Waals surface area contributed by atoms with Crippen LogP contribution in [0.15, 0.2) is 18.3 Å². The number of pyridine rings is 1. The van der Waals surface area contributed by atoms with E-state index in [9.17, 15) is 14.4 Å². The van der Waals surface area contributed by atoms with Gasteiger partial charge in [-0.05, 0) is 56.1 Å². The van der Waals surface area contributed by atoms with Gasteiger partial charge in [-0.2, -0.15) is 0 Å². The quantitative estimate of drug-likeness (QED) is 0.513. The van der Waals surface area contributed by atoms with Gasteiger partial charge in [0.1, 0.15) is 11.9 Å². The SMILES string of the molecule is C[C@@H]1CCCN1C(=O)C(NC(=O)CN1CCN(CC2CCN(c3ccc(C(N)=O)cn3)CC2)CC1)C(C)(C)C. The van der Waals surface area contributed by atoms with Crippen LogP contribution in [-0.2, 0) is 9.59 Å². The molecule has 0 spiro atoms. The van der Waals surface area contributed by atoms with Crippen molar-refractivity contribution in [3.63, 3.8) is 0 Å². The molecule has 1 unspecified atom stereocenters. The van der Waals surface area contributed by atoms with Crippen LogP contribution in [0.2, 0.25) is 0 Å². The summed E-state index contributed by atoms with van der Waals surface area (Å²) in [6.07, 6.45) is 5.84. The molecule has 4 heterocycles. The molecule has 0 bridgehead atoms. The number of piperidine rings is 1. The zero-order valence-electron chi connectivity index (χ0n) is 24.2. The Bertz CT molecular complexity index is 993.